The molecule has 1 aliphatic carbocycles. The summed E-state index contributed by atoms with van der Waals surface area (Å²) in [6.45, 7) is 6.96. The van der Waals surface area contributed by atoms with Gasteiger partial charge in [0.05, 0.1) is 30.9 Å². The van der Waals surface area contributed by atoms with Crippen molar-refractivity contribution in [3.05, 3.63) is 35.9 Å². The van der Waals surface area contributed by atoms with Crippen LogP contribution in [0.2, 0.25) is 0 Å². The normalized spacial score (nSPS) is 30.5. The molecule has 3 fully saturated rings. The predicted molar refractivity (Wildman–Crippen MR) is 125 cm³/mol. The van der Waals surface area contributed by atoms with Crippen molar-refractivity contribution in [1.82, 2.24) is 10.2 Å². The number of likely N-dealkylation sites (tertiary alicyclic amines) is 1. The van der Waals surface area contributed by atoms with Crippen LogP contribution in [0, 0.1) is 0 Å². The van der Waals surface area contributed by atoms with Crippen LogP contribution in [0.3, 0.4) is 0 Å². The van der Waals surface area contributed by atoms with Crippen LogP contribution in [0.5, 0.6) is 0 Å². The third kappa shape index (κ3) is 5.81. The van der Waals surface area contributed by atoms with Crippen LogP contribution in [0.25, 0.3) is 0 Å². The number of nitrogens with one attached hydrogen (secondary N) is 1. The first kappa shape index (κ1) is 23.9. The quantitative estimate of drug-likeness (QED) is 0.687. The second-order valence-electron chi connectivity index (χ2n) is 10.7. The van der Waals surface area contributed by atoms with E-state index in [0.717, 1.165) is 38.5 Å². The molecule has 1 saturated carbocycles. The maximum atomic E-state index is 13.1. The third-order valence-corrected chi connectivity index (χ3v) is 7.23. The minimum absolute atomic E-state index is 0.167. The van der Waals surface area contributed by atoms with Gasteiger partial charge in [-0.2, -0.15) is 0 Å². The van der Waals surface area contributed by atoms with Crippen LogP contribution in [-0.4, -0.2) is 60.1 Å². The topological polar surface area (TPSA) is 77.1 Å². The molecule has 2 atom stereocenters. The smallest absolute Gasteiger partial charge is 0.410 e. The van der Waals surface area contributed by atoms with Gasteiger partial charge >= 0.3 is 12.2 Å². The fraction of sp³-hybridized carbons (Fsp3) is 0.692. The van der Waals surface area contributed by atoms with Crippen LogP contribution in [0.15, 0.2) is 30.3 Å². The number of cyclic esters (lactones) is 1. The van der Waals surface area contributed by atoms with Crippen molar-refractivity contribution < 1.29 is 23.8 Å². The van der Waals surface area contributed by atoms with E-state index < -0.39 is 17.2 Å². The summed E-state index contributed by atoms with van der Waals surface area (Å²) >= 11 is 0. The number of hydrogen-bond donors (Lipinski definition) is 1. The van der Waals surface area contributed by atoms with Crippen LogP contribution in [0.4, 0.5) is 9.59 Å². The Morgan fingerprint density at radius 2 is 1.88 bits per heavy atom. The lowest BCUT2D eigenvalue weighted by Crippen LogP contribution is -2.70. The summed E-state index contributed by atoms with van der Waals surface area (Å²) in [6, 6.07) is 10.4. The van der Waals surface area contributed by atoms with Crippen LogP contribution < -0.4 is 5.32 Å². The SMILES string of the molecule is CC(C)(C)OC(=O)N1CCCC2(CCOC(=O)N2)C1CO[C@H]1CC[C@@H](c2ccccc2)CC1. The fourth-order valence-electron chi connectivity index (χ4n) is 5.55. The van der Waals surface area contributed by atoms with E-state index in [2.05, 4.69) is 35.6 Å². The van der Waals surface area contributed by atoms with E-state index in [0.29, 0.717) is 32.1 Å². The maximum Gasteiger partial charge on any atom is 0.410 e. The number of alkyl carbamates (subject to hydrolysis) is 1. The highest BCUT2D eigenvalue weighted by Gasteiger charge is 2.50. The van der Waals surface area contributed by atoms with Crippen molar-refractivity contribution in [2.75, 3.05) is 19.8 Å². The lowest BCUT2D eigenvalue weighted by Gasteiger charge is -2.51. The first-order valence-corrected chi connectivity index (χ1v) is 12.4. The number of benzene rings is 1. The number of carbonyl (C=O) groups is 2. The van der Waals surface area contributed by atoms with Gasteiger partial charge in [0.15, 0.2) is 0 Å². The molecule has 7 heteroatoms. The standard InChI is InChI=1S/C26H38N2O5/c1-25(2,3)33-24(30)28-16-7-14-26(15-17-31-23(29)27-26)22(28)18-32-21-12-10-20(11-13-21)19-8-5-4-6-9-19/h4-6,8-9,20-22H,7,10-18H2,1-3H3,(H,27,29)/t20-,21+,22?,26?. The average molecular weight is 459 g/mol. The molecule has 2 unspecified atom stereocenters. The molecule has 2 aliphatic heterocycles. The molecule has 33 heavy (non-hydrogen) atoms. The summed E-state index contributed by atoms with van der Waals surface area (Å²) in [4.78, 5) is 27.0. The number of amides is 2. The van der Waals surface area contributed by atoms with E-state index >= 15 is 0 Å². The Morgan fingerprint density at radius 1 is 1.15 bits per heavy atom. The lowest BCUT2D eigenvalue weighted by atomic mass is 9.78. The van der Waals surface area contributed by atoms with Gasteiger partial charge < -0.3 is 24.4 Å². The van der Waals surface area contributed by atoms with E-state index in [1.165, 1.54) is 5.56 Å². The summed E-state index contributed by atoms with van der Waals surface area (Å²) in [5, 5.41) is 3.06. The Morgan fingerprint density at radius 3 is 2.55 bits per heavy atom. The Bertz CT molecular complexity index is 812. The highest BCUT2D eigenvalue weighted by Crippen LogP contribution is 2.37. The zero-order valence-corrected chi connectivity index (χ0v) is 20.2. The molecular formula is C26H38N2O5. The Hall–Kier alpha value is -2.28. The van der Waals surface area contributed by atoms with Gasteiger partial charge in [-0.25, -0.2) is 9.59 Å². The molecule has 3 aliphatic rings. The van der Waals surface area contributed by atoms with E-state index in [1.807, 2.05) is 20.8 Å². The number of ether oxygens (including phenoxy) is 3. The van der Waals surface area contributed by atoms with Crippen LogP contribution in [-0.2, 0) is 14.2 Å². The van der Waals surface area contributed by atoms with Gasteiger partial charge in [0.1, 0.15) is 5.60 Å². The molecule has 2 heterocycles. The predicted octanol–water partition coefficient (Wildman–Crippen LogP) is 5.00. The summed E-state index contributed by atoms with van der Waals surface area (Å²) in [5.41, 5.74) is 0.288. The third-order valence-electron chi connectivity index (χ3n) is 7.23. The molecule has 2 amide bonds. The van der Waals surface area contributed by atoms with Gasteiger partial charge in [-0.15, -0.1) is 0 Å². The molecule has 0 bridgehead atoms. The van der Waals surface area contributed by atoms with Crippen molar-refractivity contribution in [3.63, 3.8) is 0 Å². The summed E-state index contributed by atoms with van der Waals surface area (Å²) in [5.74, 6) is 0.583. The molecular weight excluding hydrogens is 420 g/mol. The van der Waals surface area contributed by atoms with E-state index in [9.17, 15) is 9.59 Å². The highest BCUT2D eigenvalue weighted by molar-refractivity contribution is 5.71. The molecule has 7 nitrogen and oxygen atoms in total. The van der Waals surface area contributed by atoms with Gasteiger partial charge in [0.2, 0.25) is 0 Å². The number of carbonyl (C=O) groups excluding carboxylic acids is 2. The number of piperidine rings is 1. The highest BCUT2D eigenvalue weighted by atomic mass is 16.6. The molecule has 1 aromatic carbocycles. The first-order valence-electron chi connectivity index (χ1n) is 12.4. The van der Waals surface area contributed by atoms with Crippen LogP contribution >= 0.6 is 0 Å². The van der Waals surface area contributed by atoms with Gasteiger partial charge in [0.25, 0.3) is 0 Å². The number of rotatable bonds is 4. The monoisotopic (exact) mass is 458 g/mol. The molecule has 1 aromatic rings. The molecule has 0 aromatic heterocycles. The molecule has 4 rings (SSSR count). The van der Waals surface area contributed by atoms with Gasteiger partial charge in [-0.3, -0.25) is 0 Å². The zero-order chi connectivity index (χ0) is 23.5. The number of hydrogen-bond acceptors (Lipinski definition) is 5. The maximum absolute atomic E-state index is 13.1. The Balaban J connectivity index is 1.43. The van der Waals surface area contributed by atoms with Gasteiger partial charge in [-0.1, -0.05) is 30.3 Å². The van der Waals surface area contributed by atoms with Crippen LogP contribution in [0.1, 0.15) is 77.2 Å². The molecule has 0 radical (unpaired) electrons. The summed E-state index contributed by atoms with van der Waals surface area (Å²) in [6.07, 6.45) is 5.88. The minimum atomic E-state index is -0.582. The minimum Gasteiger partial charge on any atom is -0.449 e. The summed E-state index contributed by atoms with van der Waals surface area (Å²) in [7, 11) is 0. The van der Waals surface area contributed by atoms with Gasteiger partial charge in [-0.05, 0) is 70.8 Å². The van der Waals surface area contributed by atoms with Gasteiger partial charge in [0, 0.05) is 13.0 Å². The molecule has 182 valence electrons. The Labute approximate surface area is 197 Å². The second kappa shape index (κ2) is 9.92. The van der Waals surface area contributed by atoms with Crippen molar-refractivity contribution >= 4 is 12.2 Å². The van der Waals surface area contributed by atoms with Crippen molar-refractivity contribution in [2.45, 2.75) is 94.9 Å². The molecule has 1 spiro atoms. The van der Waals surface area contributed by atoms with Crippen molar-refractivity contribution in [3.8, 4) is 0 Å². The van der Waals surface area contributed by atoms with E-state index in [4.69, 9.17) is 14.2 Å². The zero-order valence-electron chi connectivity index (χ0n) is 20.2. The second-order valence-corrected chi connectivity index (χ2v) is 10.7. The lowest BCUT2D eigenvalue weighted by molar-refractivity contribution is -0.0700. The molecule has 2 saturated heterocycles. The molecule has 1 N–H and O–H groups in total. The fourth-order valence-corrected chi connectivity index (χ4v) is 5.55. The Kier molecular flexibility index (Phi) is 7.17. The van der Waals surface area contributed by atoms with Crippen molar-refractivity contribution in [1.29, 1.82) is 0 Å². The number of nitrogens with zero attached hydrogens (tertiary/aromatic N) is 1. The summed E-state index contributed by atoms with van der Waals surface area (Å²) < 4.78 is 17.3. The van der Waals surface area contributed by atoms with E-state index in [-0.39, 0.29) is 18.2 Å². The average Bonchev–Trinajstić information content (AvgIpc) is 2.78. The van der Waals surface area contributed by atoms with E-state index in [1.54, 1.807) is 4.90 Å². The van der Waals surface area contributed by atoms with Crippen molar-refractivity contribution in [2.24, 2.45) is 0 Å². The largest absolute Gasteiger partial charge is 0.449 e. The first-order chi connectivity index (χ1) is 15.8.